The number of nitrogens with zero attached hydrogens (tertiary/aromatic N) is 1. The number of benzene rings is 2. The van der Waals surface area contributed by atoms with Crippen LogP contribution >= 0.6 is 11.6 Å². The van der Waals surface area contributed by atoms with Crippen molar-refractivity contribution in [1.29, 1.82) is 0 Å². The van der Waals surface area contributed by atoms with Crippen LogP contribution in [0.4, 0.5) is 5.69 Å². The van der Waals surface area contributed by atoms with Crippen LogP contribution in [0.3, 0.4) is 0 Å². The zero-order chi connectivity index (χ0) is 11.3. The molecular formula is C12H6ClNO2. The van der Waals surface area contributed by atoms with Crippen molar-refractivity contribution >= 4 is 17.3 Å². The summed E-state index contributed by atoms with van der Waals surface area (Å²) in [5, 5.41) is 11.3. The molecule has 0 saturated heterocycles. The van der Waals surface area contributed by atoms with Gasteiger partial charge in [0.2, 0.25) is 0 Å². The van der Waals surface area contributed by atoms with Gasteiger partial charge in [-0.05, 0) is 40.5 Å². The van der Waals surface area contributed by atoms with Gasteiger partial charge in [-0.15, -0.1) is 0 Å². The van der Waals surface area contributed by atoms with Crippen molar-refractivity contribution in [2.24, 2.45) is 0 Å². The molecule has 2 aromatic rings. The zero-order valence-corrected chi connectivity index (χ0v) is 8.86. The van der Waals surface area contributed by atoms with E-state index in [1.54, 1.807) is 18.2 Å². The van der Waals surface area contributed by atoms with E-state index < -0.39 is 0 Å². The molecule has 0 aliphatic heterocycles. The standard InChI is InChI=1S/C12H6ClNO2/c13-7-1-3-9-11(5-7)10-4-2-8(14(15)16)6-12(9)10/h1-6H. The summed E-state index contributed by atoms with van der Waals surface area (Å²) in [5.74, 6) is 0. The number of rotatable bonds is 1. The van der Waals surface area contributed by atoms with Crippen molar-refractivity contribution in [3.8, 4) is 22.3 Å². The van der Waals surface area contributed by atoms with Gasteiger partial charge in [-0.2, -0.15) is 0 Å². The van der Waals surface area contributed by atoms with Gasteiger partial charge in [0.1, 0.15) is 0 Å². The molecule has 3 nitrogen and oxygen atoms in total. The van der Waals surface area contributed by atoms with E-state index >= 15 is 0 Å². The topological polar surface area (TPSA) is 43.1 Å². The van der Waals surface area contributed by atoms with Crippen molar-refractivity contribution in [3.63, 3.8) is 0 Å². The Morgan fingerprint density at radius 1 is 0.938 bits per heavy atom. The van der Waals surface area contributed by atoms with Crippen molar-refractivity contribution in [2.75, 3.05) is 0 Å². The van der Waals surface area contributed by atoms with Gasteiger partial charge in [-0.3, -0.25) is 10.1 Å². The minimum Gasteiger partial charge on any atom is -0.258 e. The van der Waals surface area contributed by atoms with E-state index in [0.717, 1.165) is 22.3 Å². The van der Waals surface area contributed by atoms with Crippen LogP contribution in [0.2, 0.25) is 5.02 Å². The van der Waals surface area contributed by atoms with Gasteiger partial charge in [0.05, 0.1) is 4.92 Å². The molecule has 0 bridgehead atoms. The van der Waals surface area contributed by atoms with Crippen LogP contribution in [0.25, 0.3) is 22.3 Å². The molecule has 0 atom stereocenters. The summed E-state index contributed by atoms with van der Waals surface area (Å²) in [6.45, 7) is 0. The first-order chi connectivity index (χ1) is 7.66. The fourth-order valence-corrected chi connectivity index (χ4v) is 2.19. The predicted octanol–water partition coefficient (Wildman–Crippen LogP) is 3.90. The molecule has 0 saturated carbocycles. The van der Waals surface area contributed by atoms with Gasteiger partial charge in [0.15, 0.2) is 0 Å². The number of hydrogen-bond donors (Lipinski definition) is 0. The molecular weight excluding hydrogens is 226 g/mol. The van der Waals surface area contributed by atoms with E-state index in [1.165, 1.54) is 6.07 Å². The van der Waals surface area contributed by atoms with Crippen LogP contribution in [0, 0.1) is 10.1 Å². The molecule has 4 heteroatoms. The Morgan fingerprint density at radius 3 is 2.25 bits per heavy atom. The number of halogens is 1. The highest BCUT2D eigenvalue weighted by atomic mass is 35.5. The van der Waals surface area contributed by atoms with Crippen LogP contribution in [0.1, 0.15) is 0 Å². The molecule has 0 spiro atoms. The van der Waals surface area contributed by atoms with Gasteiger partial charge in [-0.1, -0.05) is 17.7 Å². The lowest BCUT2D eigenvalue weighted by molar-refractivity contribution is -0.384. The Kier molecular flexibility index (Phi) is 1.79. The smallest absolute Gasteiger partial charge is 0.258 e. The van der Waals surface area contributed by atoms with Crippen LogP contribution in [-0.2, 0) is 0 Å². The van der Waals surface area contributed by atoms with Gasteiger partial charge in [-0.25, -0.2) is 0 Å². The minimum atomic E-state index is -0.381. The molecule has 0 heterocycles. The molecule has 0 aromatic heterocycles. The first kappa shape index (κ1) is 9.36. The molecule has 0 unspecified atom stereocenters. The molecule has 3 rings (SSSR count). The number of nitro groups is 1. The predicted molar refractivity (Wildman–Crippen MR) is 62.5 cm³/mol. The maximum atomic E-state index is 10.6. The zero-order valence-electron chi connectivity index (χ0n) is 8.11. The van der Waals surface area contributed by atoms with Crippen molar-refractivity contribution in [1.82, 2.24) is 0 Å². The van der Waals surface area contributed by atoms with Crippen molar-refractivity contribution in [3.05, 3.63) is 51.5 Å². The van der Waals surface area contributed by atoms with E-state index in [4.69, 9.17) is 11.6 Å². The third kappa shape index (κ3) is 1.15. The van der Waals surface area contributed by atoms with Gasteiger partial charge in [0, 0.05) is 17.2 Å². The lowest BCUT2D eigenvalue weighted by atomic mass is 9.80. The molecule has 1 aliphatic carbocycles. The highest BCUT2D eigenvalue weighted by Crippen LogP contribution is 2.48. The quantitative estimate of drug-likeness (QED) is 0.471. The van der Waals surface area contributed by atoms with E-state index in [9.17, 15) is 10.1 Å². The second-order valence-corrected chi connectivity index (χ2v) is 4.11. The molecule has 1 aliphatic rings. The van der Waals surface area contributed by atoms with E-state index in [-0.39, 0.29) is 10.6 Å². The Bertz CT molecular complexity index is 622. The molecule has 0 fully saturated rings. The Balaban J connectivity index is 2.17. The molecule has 16 heavy (non-hydrogen) atoms. The fourth-order valence-electron chi connectivity index (χ4n) is 2.02. The highest BCUT2D eigenvalue weighted by molar-refractivity contribution is 6.31. The van der Waals surface area contributed by atoms with Gasteiger partial charge < -0.3 is 0 Å². The summed E-state index contributed by atoms with van der Waals surface area (Å²) in [5.41, 5.74) is 4.18. The number of nitro benzene ring substituents is 1. The molecule has 0 N–H and O–H groups in total. The second kappa shape index (κ2) is 3.06. The number of non-ortho nitro benzene ring substituents is 1. The summed E-state index contributed by atoms with van der Waals surface area (Å²) in [4.78, 5) is 10.3. The van der Waals surface area contributed by atoms with Gasteiger partial charge >= 0.3 is 0 Å². The Morgan fingerprint density at radius 2 is 1.56 bits per heavy atom. The summed E-state index contributed by atoms with van der Waals surface area (Å²) in [7, 11) is 0. The van der Waals surface area contributed by atoms with E-state index in [0.29, 0.717) is 5.02 Å². The van der Waals surface area contributed by atoms with Crippen molar-refractivity contribution in [2.45, 2.75) is 0 Å². The minimum absolute atomic E-state index is 0.124. The average Bonchev–Trinajstić information content (AvgIpc) is 2.26. The second-order valence-electron chi connectivity index (χ2n) is 3.68. The Hall–Kier alpha value is -1.87. The van der Waals surface area contributed by atoms with Gasteiger partial charge in [0.25, 0.3) is 5.69 Å². The summed E-state index contributed by atoms with van der Waals surface area (Å²) in [6, 6.07) is 10.5. The average molecular weight is 232 g/mol. The third-order valence-electron chi connectivity index (χ3n) is 2.78. The lowest BCUT2D eigenvalue weighted by Gasteiger charge is -2.23. The molecule has 2 aromatic carbocycles. The van der Waals surface area contributed by atoms with Crippen molar-refractivity contribution < 1.29 is 4.92 Å². The van der Waals surface area contributed by atoms with Crippen LogP contribution in [-0.4, -0.2) is 4.92 Å². The molecule has 0 radical (unpaired) electrons. The summed E-state index contributed by atoms with van der Waals surface area (Å²) >= 11 is 5.89. The van der Waals surface area contributed by atoms with E-state index in [2.05, 4.69) is 0 Å². The number of hydrogen-bond acceptors (Lipinski definition) is 2. The first-order valence-corrected chi connectivity index (χ1v) is 5.13. The maximum absolute atomic E-state index is 10.6. The fraction of sp³-hybridized carbons (Fsp3) is 0. The first-order valence-electron chi connectivity index (χ1n) is 4.75. The van der Waals surface area contributed by atoms with Crippen LogP contribution < -0.4 is 0 Å². The Labute approximate surface area is 96.4 Å². The van der Waals surface area contributed by atoms with Crippen LogP contribution in [0.15, 0.2) is 36.4 Å². The SMILES string of the molecule is O=[N+]([O-])c1ccc2c(c1)-c1ccc(Cl)cc1-2. The normalized spacial score (nSPS) is 11.3. The van der Waals surface area contributed by atoms with Crippen LogP contribution in [0.5, 0.6) is 0 Å². The monoisotopic (exact) mass is 231 g/mol. The number of fused-ring (bicyclic) bond motifs is 4. The highest BCUT2D eigenvalue weighted by Gasteiger charge is 2.24. The maximum Gasteiger partial charge on any atom is 0.270 e. The summed E-state index contributed by atoms with van der Waals surface area (Å²) in [6.07, 6.45) is 0. The van der Waals surface area contributed by atoms with E-state index in [1.807, 2.05) is 12.1 Å². The largest absolute Gasteiger partial charge is 0.270 e. The lowest BCUT2D eigenvalue weighted by Crippen LogP contribution is -1.99. The summed E-state index contributed by atoms with van der Waals surface area (Å²) < 4.78 is 0. The molecule has 78 valence electrons. The molecule has 0 amide bonds. The third-order valence-corrected chi connectivity index (χ3v) is 3.01.